The van der Waals surface area contributed by atoms with Gasteiger partial charge in [0, 0.05) is 38.9 Å². The molecule has 0 bridgehead atoms. The van der Waals surface area contributed by atoms with Gasteiger partial charge in [0.1, 0.15) is 0 Å². The summed E-state index contributed by atoms with van der Waals surface area (Å²) in [6.07, 6.45) is -3.07. The molecule has 0 saturated carbocycles. The topological polar surface area (TPSA) is 83.9 Å². The van der Waals surface area contributed by atoms with Gasteiger partial charge in [-0.25, -0.2) is 13.4 Å². The van der Waals surface area contributed by atoms with Gasteiger partial charge in [-0.1, -0.05) is 0 Å². The Morgan fingerprint density at radius 3 is 2.68 bits per heavy atom. The van der Waals surface area contributed by atoms with Crippen molar-refractivity contribution >= 4 is 39.8 Å². The number of aromatic nitrogens is 1. The van der Waals surface area contributed by atoms with Crippen LogP contribution in [0.5, 0.6) is 5.88 Å². The van der Waals surface area contributed by atoms with Gasteiger partial charge >= 0.3 is 6.18 Å². The van der Waals surface area contributed by atoms with Crippen molar-refractivity contribution in [3.8, 4) is 5.88 Å². The molecule has 1 saturated heterocycles. The number of ether oxygens (including phenoxy) is 1. The highest BCUT2D eigenvalue weighted by molar-refractivity contribution is 14.0. The summed E-state index contributed by atoms with van der Waals surface area (Å²) in [7, 11) is -1.58. The first-order valence-corrected chi connectivity index (χ1v) is 9.91. The van der Waals surface area contributed by atoms with E-state index in [0.717, 1.165) is 0 Å². The van der Waals surface area contributed by atoms with Crippen LogP contribution in [0.3, 0.4) is 0 Å². The van der Waals surface area contributed by atoms with E-state index in [2.05, 4.69) is 20.0 Å². The third-order valence-corrected chi connectivity index (χ3v) is 6.72. The molecule has 1 aromatic heterocycles. The standard InChI is InChI=1S/C16H23F3N4O3S.HI/c1-15(2)10-23(6-7-27(15,24)25)14(20-3)22-9-12-4-5-21-13(8-12)26-11-16(17,18)19;/h4-5,8H,6-7,9-11H2,1-3H3,(H,20,22);1H. The average Bonchev–Trinajstić information content (AvgIpc) is 2.56. The van der Waals surface area contributed by atoms with Gasteiger partial charge in [0.2, 0.25) is 5.88 Å². The van der Waals surface area contributed by atoms with Gasteiger partial charge in [-0.15, -0.1) is 24.0 Å². The minimum Gasteiger partial charge on any atom is -0.468 e. The number of hydrogen-bond acceptors (Lipinski definition) is 5. The van der Waals surface area contributed by atoms with Crippen molar-refractivity contribution < 1.29 is 26.3 Å². The molecule has 0 amide bonds. The molecule has 0 aromatic carbocycles. The van der Waals surface area contributed by atoms with Gasteiger partial charge < -0.3 is 15.0 Å². The van der Waals surface area contributed by atoms with Crippen LogP contribution >= 0.6 is 24.0 Å². The van der Waals surface area contributed by atoms with Crippen molar-refractivity contribution in [3.63, 3.8) is 0 Å². The van der Waals surface area contributed by atoms with Crippen LogP contribution in [-0.4, -0.2) is 67.7 Å². The average molecular weight is 536 g/mol. The lowest BCUT2D eigenvalue weighted by Gasteiger charge is -2.39. The molecular weight excluding hydrogens is 512 g/mol. The fourth-order valence-corrected chi connectivity index (χ4v) is 4.00. The molecule has 2 rings (SSSR count). The molecule has 7 nitrogen and oxygen atoms in total. The van der Waals surface area contributed by atoms with Gasteiger partial charge in [-0.2, -0.15) is 13.2 Å². The van der Waals surface area contributed by atoms with E-state index < -0.39 is 27.4 Å². The molecule has 1 aliphatic rings. The van der Waals surface area contributed by atoms with Gasteiger partial charge in [0.05, 0.1) is 10.5 Å². The first-order chi connectivity index (χ1) is 12.4. The Morgan fingerprint density at radius 2 is 2.11 bits per heavy atom. The fourth-order valence-electron chi connectivity index (χ4n) is 2.63. The molecular formula is C16H24F3IN4O3S. The first-order valence-electron chi connectivity index (χ1n) is 8.26. The van der Waals surface area contributed by atoms with Crippen LogP contribution in [0, 0.1) is 0 Å². The fraction of sp³-hybridized carbons (Fsp3) is 0.625. The van der Waals surface area contributed by atoms with Gasteiger partial charge in [0.15, 0.2) is 22.4 Å². The zero-order valence-electron chi connectivity index (χ0n) is 15.8. The smallest absolute Gasteiger partial charge is 0.422 e. The van der Waals surface area contributed by atoms with E-state index in [1.165, 1.54) is 12.3 Å². The van der Waals surface area contributed by atoms with Crippen LogP contribution in [0.1, 0.15) is 19.4 Å². The lowest BCUT2D eigenvalue weighted by Crippen LogP contribution is -2.57. The highest BCUT2D eigenvalue weighted by Crippen LogP contribution is 2.24. The zero-order chi connectivity index (χ0) is 20.3. The number of sulfone groups is 1. The number of aliphatic imine (C=N–C) groups is 1. The summed E-state index contributed by atoms with van der Waals surface area (Å²) >= 11 is 0. The number of halogens is 4. The third kappa shape index (κ3) is 6.64. The molecule has 1 N–H and O–H groups in total. The predicted molar refractivity (Wildman–Crippen MR) is 111 cm³/mol. The number of alkyl halides is 3. The molecule has 0 atom stereocenters. The maximum Gasteiger partial charge on any atom is 0.422 e. The zero-order valence-corrected chi connectivity index (χ0v) is 18.9. The molecule has 0 spiro atoms. The van der Waals surface area contributed by atoms with Crippen LogP contribution in [0.15, 0.2) is 23.3 Å². The van der Waals surface area contributed by atoms with Crippen molar-refractivity contribution in [1.29, 1.82) is 0 Å². The Labute approximate surface area is 179 Å². The Balaban J connectivity index is 0.00000392. The van der Waals surface area contributed by atoms with Crippen LogP contribution in [0.4, 0.5) is 13.2 Å². The highest BCUT2D eigenvalue weighted by Gasteiger charge is 2.40. The monoisotopic (exact) mass is 536 g/mol. The highest BCUT2D eigenvalue weighted by atomic mass is 127. The van der Waals surface area contributed by atoms with Crippen LogP contribution in [0.25, 0.3) is 0 Å². The van der Waals surface area contributed by atoms with Crippen molar-refractivity contribution in [1.82, 2.24) is 15.2 Å². The summed E-state index contributed by atoms with van der Waals surface area (Å²) in [6, 6.07) is 3.06. The Kier molecular flexibility index (Phi) is 8.35. The van der Waals surface area contributed by atoms with Crippen LogP contribution < -0.4 is 10.1 Å². The number of nitrogens with one attached hydrogen (secondary N) is 1. The Hall–Kier alpha value is -1.31. The summed E-state index contributed by atoms with van der Waals surface area (Å²) in [5, 5.41) is 3.10. The van der Waals surface area contributed by atoms with Crippen molar-refractivity contribution in [3.05, 3.63) is 23.9 Å². The van der Waals surface area contributed by atoms with E-state index in [0.29, 0.717) is 24.6 Å². The van der Waals surface area contributed by atoms with E-state index in [9.17, 15) is 21.6 Å². The first kappa shape index (κ1) is 24.7. The number of nitrogens with zero attached hydrogens (tertiary/aromatic N) is 3. The lowest BCUT2D eigenvalue weighted by molar-refractivity contribution is -0.154. The molecule has 160 valence electrons. The molecule has 2 heterocycles. The SMILES string of the molecule is CN=C(NCc1ccnc(OCC(F)(F)F)c1)N1CCS(=O)(=O)C(C)(C)C1.I. The molecule has 0 radical (unpaired) electrons. The van der Waals surface area contributed by atoms with Crippen LogP contribution in [-0.2, 0) is 16.4 Å². The Morgan fingerprint density at radius 1 is 1.43 bits per heavy atom. The molecule has 1 aromatic rings. The second-order valence-corrected chi connectivity index (χ2v) is 9.55. The van der Waals surface area contributed by atoms with Gasteiger partial charge in [-0.3, -0.25) is 4.99 Å². The second-order valence-electron chi connectivity index (χ2n) is 6.81. The molecule has 0 aliphatic carbocycles. The maximum atomic E-state index is 12.2. The normalized spacial score (nSPS) is 18.9. The van der Waals surface area contributed by atoms with E-state index in [-0.39, 0.29) is 42.2 Å². The molecule has 1 fully saturated rings. The van der Waals surface area contributed by atoms with Crippen molar-refractivity contribution in [2.75, 3.05) is 32.5 Å². The summed E-state index contributed by atoms with van der Waals surface area (Å²) in [4.78, 5) is 9.78. The van der Waals surface area contributed by atoms with Crippen molar-refractivity contribution in [2.24, 2.45) is 4.99 Å². The quantitative estimate of drug-likeness (QED) is 0.361. The van der Waals surface area contributed by atoms with Gasteiger partial charge in [-0.05, 0) is 25.5 Å². The third-order valence-electron chi connectivity index (χ3n) is 4.19. The van der Waals surface area contributed by atoms with Crippen molar-refractivity contribution in [2.45, 2.75) is 31.3 Å². The predicted octanol–water partition coefficient (Wildman–Crippen LogP) is 2.23. The molecule has 28 heavy (non-hydrogen) atoms. The summed E-state index contributed by atoms with van der Waals surface area (Å²) in [5.41, 5.74) is 0.659. The van der Waals surface area contributed by atoms with E-state index in [4.69, 9.17) is 0 Å². The maximum absolute atomic E-state index is 12.2. The summed E-state index contributed by atoms with van der Waals surface area (Å²) < 4.78 is 64.7. The summed E-state index contributed by atoms with van der Waals surface area (Å²) in [6.45, 7) is 2.84. The number of guanidine groups is 1. The molecule has 12 heteroatoms. The van der Waals surface area contributed by atoms with E-state index in [1.807, 2.05) is 4.90 Å². The molecule has 0 unspecified atom stereocenters. The van der Waals surface area contributed by atoms with Gasteiger partial charge in [0.25, 0.3) is 0 Å². The largest absolute Gasteiger partial charge is 0.468 e. The second kappa shape index (κ2) is 9.46. The number of rotatable bonds is 4. The summed E-state index contributed by atoms with van der Waals surface area (Å²) in [5.74, 6) is 0.435. The Bertz CT molecular complexity index is 801. The minimum atomic E-state index is -4.43. The number of hydrogen-bond donors (Lipinski definition) is 1. The lowest BCUT2D eigenvalue weighted by atomic mass is 10.2. The van der Waals surface area contributed by atoms with E-state index >= 15 is 0 Å². The van der Waals surface area contributed by atoms with Crippen LogP contribution in [0.2, 0.25) is 0 Å². The minimum absolute atomic E-state index is 0. The molecule has 1 aliphatic heterocycles. The number of pyridine rings is 1. The van der Waals surface area contributed by atoms with E-state index in [1.54, 1.807) is 27.0 Å².